The molecule has 2 heterocycles. The molecule has 0 aromatic rings. The molecule has 2 amide bonds. The Morgan fingerprint density at radius 3 is 2.94 bits per heavy atom. The molecule has 0 aliphatic carbocycles. The smallest absolute Gasteiger partial charge is 0.227 e. The van der Waals surface area contributed by atoms with E-state index in [0.29, 0.717) is 18.9 Å². The molecule has 1 N–H and O–H groups in total. The van der Waals surface area contributed by atoms with E-state index in [1.807, 2.05) is 4.90 Å². The number of amides is 2. The average molecular weight is 238 g/mol. The highest BCUT2D eigenvalue weighted by molar-refractivity contribution is 5.83. The van der Waals surface area contributed by atoms with Gasteiger partial charge >= 0.3 is 0 Å². The minimum Gasteiger partial charge on any atom is -0.355 e. The molecule has 2 fully saturated rings. The summed E-state index contributed by atoms with van der Waals surface area (Å²) in [5.74, 6) is 1.05. The van der Waals surface area contributed by atoms with Gasteiger partial charge < -0.3 is 10.2 Å². The van der Waals surface area contributed by atoms with E-state index >= 15 is 0 Å². The van der Waals surface area contributed by atoms with Crippen LogP contribution in [0.1, 0.15) is 39.0 Å². The lowest BCUT2D eigenvalue weighted by Crippen LogP contribution is -2.44. The Kier molecular flexibility index (Phi) is 4.02. The summed E-state index contributed by atoms with van der Waals surface area (Å²) in [7, 11) is 0. The van der Waals surface area contributed by atoms with Crippen molar-refractivity contribution in [2.75, 3.05) is 19.6 Å². The highest BCUT2D eigenvalue weighted by Crippen LogP contribution is 2.24. The Labute approximate surface area is 103 Å². The van der Waals surface area contributed by atoms with Crippen LogP contribution in [0.2, 0.25) is 0 Å². The molecule has 0 spiro atoms. The zero-order chi connectivity index (χ0) is 12.3. The molecule has 2 saturated heterocycles. The van der Waals surface area contributed by atoms with Crippen LogP contribution in [0.4, 0.5) is 0 Å². The number of carbonyl (C=O) groups is 2. The summed E-state index contributed by atoms with van der Waals surface area (Å²) >= 11 is 0. The van der Waals surface area contributed by atoms with Crippen molar-refractivity contribution < 1.29 is 9.59 Å². The first-order chi connectivity index (χ1) is 8.20. The first-order valence-electron chi connectivity index (χ1n) is 6.76. The fraction of sp³-hybridized carbons (Fsp3) is 0.846. The standard InChI is InChI=1S/C13H22N2O2/c1-2-3-10-6-7-15(9-10)13(17)11-4-5-12(16)14-8-11/h10-11H,2-9H2,1H3,(H,14,16). The maximum absolute atomic E-state index is 12.2. The van der Waals surface area contributed by atoms with E-state index in [1.165, 1.54) is 12.8 Å². The molecule has 2 unspecified atom stereocenters. The molecule has 4 heteroatoms. The molecule has 0 radical (unpaired) electrons. The van der Waals surface area contributed by atoms with Crippen molar-refractivity contribution in [3.05, 3.63) is 0 Å². The van der Waals surface area contributed by atoms with Crippen LogP contribution in [0, 0.1) is 11.8 Å². The number of carbonyl (C=O) groups excluding carboxylic acids is 2. The minimum atomic E-state index is 0.0214. The van der Waals surface area contributed by atoms with Gasteiger partial charge in [-0.2, -0.15) is 0 Å². The number of likely N-dealkylation sites (tertiary alicyclic amines) is 1. The van der Waals surface area contributed by atoms with Crippen LogP contribution in [0.15, 0.2) is 0 Å². The monoisotopic (exact) mass is 238 g/mol. The molecule has 4 nitrogen and oxygen atoms in total. The number of rotatable bonds is 3. The Balaban J connectivity index is 1.82. The maximum Gasteiger partial charge on any atom is 0.227 e. The molecular weight excluding hydrogens is 216 g/mol. The van der Waals surface area contributed by atoms with E-state index in [1.54, 1.807) is 0 Å². The molecule has 96 valence electrons. The molecule has 0 aromatic carbocycles. The second kappa shape index (κ2) is 5.52. The molecule has 0 aromatic heterocycles. The molecule has 17 heavy (non-hydrogen) atoms. The van der Waals surface area contributed by atoms with Crippen LogP contribution >= 0.6 is 0 Å². The summed E-state index contributed by atoms with van der Waals surface area (Å²) in [5.41, 5.74) is 0. The summed E-state index contributed by atoms with van der Waals surface area (Å²) in [4.78, 5) is 25.3. The number of hydrogen-bond donors (Lipinski definition) is 1. The molecule has 2 rings (SSSR count). The predicted molar refractivity (Wildman–Crippen MR) is 65.3 cm³/mol. The predicted octanol–water partition coefficient (Wildman–Crippen LogP) is 1.16. The van der Waals surface area contributed by atoms with E-state index in [0.717, 1.165) is 25.9 Å². The first-order valence-corrected chi connectivity index (χ1v) is 6.76. The Bertz CT molecular complexity index is 294. The summed E-state index contributed by atoms with van der Waals surface area (Å²) in [5, 5.41) is 2.79. The van der Waals surface area contributed by atoms with E-state index < -0.39 is 0 Å². The number of nitrogens with zero attached hydrogens (tertiary/aromatic N) is 1. The Morgan fingerprint density at radius 1 is 1.47 bits per heavy atom. The molecular formula is C13H22N2O2. The molecule has 0 bridgehead atoms. The second-order valence-electron chi connectivity index (χ2n) is 5.27. The van der Waals surface area contributed by atoms with Crippen LogP contribution in [0.5, 0.6) is 0 Å². The lowest BCUT2D eigenvalue weighted by atomic mass is 9.97. The van der Waals surface area contributed by atoms with Crippen molar-refractivity contribution in [2.45, 2.75) is 39.0 Å². The molecule has 2 aliphatic rings. The van der Waals surface area contributed by atoms with Gasteiger partial charge in [0.25, 0.3) is 0 Å². The lowest BCUT2D eigenvalue weighted by Gasteiger charge is -2.26. The van der Waals surface area contributed by atoms with Crippen molar-refractivity contribution in [1.29, 1.82) is 0 Å². The molecule has 2 atom stereocenters. The van der Waals surface area contributed by atoms with Gasteiger partial charge in [0.05, 0.1) is 5.92 Å². The molecule has 2 aliphatic heterocycles. The molecule has 0 saturated carbocycles. The average Bonchev–Trinajstić information content (AvgIpc) is 2.78. The summed E-state index contributed by atoms with van der Waals surface area (Å²) in [6.45, 7) is 4.57. The summed E-state index contributed by atoms with van der Waals surface area (Å²) < 4.78 is 0. The summed E-state index contributed by atoms with van der Waals surface area (Å²) in [6.07, 6.45) is 4.80. The third-order valence-electron chi connectivity index (χ3n) is 3.91. The van der Waals surface area contributed by atoms with Gasteiger partial charge in [-0.25, -0.2) is 0 Å². The minimum absolute atomic E-state index is 0.0214. The number of hydrogen-bond acceptors (Lipinski definition) is 2. The van der Waals surface area contributed by atoms with Gasteiger partial charge in [0.15, 0.2) is 0 Å². The maximum atomic E-state index is 12.2. The van der Waals surface area contributed by atoms with Gasteiger partial charge in [-0.05, 0) is 25.2 Å². The van der Waals surface area contributed by atoms with E-state index in [9.17, 15) is 9.59 Å². The van der Waals surface area contributed by atoms with Crippen LogP contribution in [-0.4, -0.2) is 36.3 Å². The highest BCUT2D eigenvalue weighted by Gasteiger charge is 2.32. The zero-order valence-electron chi connectivity index (χ0n) is 10.6. The number of nitrogens with one attached hydrogen (secondary N) is 1. The van der Waals surface area contributed by atoms with Gasteiger partial charge in [-0.3, -0.25) is 9.59 Å². The van der Waals surface area contributed by atoms with E-state index in [-0.39, 0.29) is 17.7 Å². The largest absolute Gasteiger partial charge is 0.355 e. The topological polar surface area (TPSA) is 49.4 Å². The fourth-order valence-corrected chi connectivity index (χ4v) is 2.88. The van der Waals surface area contributed by atoms with Gasteiger partial charge in [-0.1, -0.05) is 13.3 Å². The third-order valence-corrected chi connectivity index (χ3v) is 3.91. The fourth-order valence-electron chi connectivity index (χ4n) is 2.88. The van der Waals surface area contributed by atoms with Crippen molar-refractivity contribution in [3.8, 4) is 0 Å². The van der Waals surface area contributed by atoms with Gasteiger partial charge in [0.2, 0.25) is 11.8 Å². The SMILES string of the molecule is CCCC1CCN(C(=O)C2CCC(=O)NC2)C1. The van der Waals surface area contributed by atoms with Crippen molar-refractivity contribution in [2.24, 2.45) is 11.8 Å². The van der Waals surface area contributed by atoms with Crippen LogP contribution in [0.25, 0.3) is 0 Å². The second-order valence-corrected chi connectivity index (χ2v) is 5.27. The van der Waals surface area contributed by atoms with Crippen LogP contribution in [-0.2, 0) is 9.59 Å². The lowest BCUT2D eigenvalue weighted by molar-refractivity contribution is -0.136. The van der Waals surface area contributed by atoms with Gasteiger partial charge in [-0.15, -0.1) is 0 Å². The van der Waals surface area contributed by atoms with Gasteiger partial charge in [0, 0.05) is 26.1 Å². The zero-order valence-corrected chi connectivity index (χ0v) is 10.6. The third kappa shape index (κ3) is 2.99. The normalized spacial score (nSPS) is 29.2. The quantitative estimate of drug-likeness (QED) is 0.802. The Hall–Kier alpha value is -1.06. The first kappa shape index (κ1) is 12.4. The van der Waals surface area contributed by atoms with E-state index in [2.05, 4.69) is 12.2 Å². The summed E-state index contributed by atoms with van der Waals surface area (Å²) in [6, 6.07) is 0. The van der Waals surface area contributed by atoms with Crippen molar-refractivity contribution in [1.82, 2.24) is 10.2 Å². The van der Waals surface area contributed by atoms with Crippen molar-refractivity contribution >= 4 is 11.8 Å². The Morgan fingerprint density at radius 2 is 2.29 bits per heavy atom. The van der Waals surface area contributed by atoms with Crippen molar-refractivity contribution in [3.63, 3.8) is 0 Å². The van der Waals surface area contributed by atoms with Crippen LogP contribution in [0.3, 0.4) is 0 Å². The highest BCUT2D eigenvalue weighted by atomic mass is 16.2. The van der Waals surface area contributed by atoms with Crippen LogP contribution < -0.4 is 5.32 Å². The van der Waals surface area contributed by atoms with Gasteiger partial charge in [0.1, 0.15) is 0 Å². The van der Waals surface area contributed by atoms with E-state index in [4.69, 9.17) is 0 Å². The number of piperidine rings is 1.